The summed E-state index contributed by atoms with van der Waals surface area (Å²) in [5.74, 6) is 0.393. The quantitative estimate of drug-likeness (QED) is 0.612. The van der Waals surface area contributed by atoms with Crippen molar-refractivity contribution in [2.24, 2.45) is 0 Å². The second-order valence-electron chi connectivity index (χ2n) is 2.98. The van der Waals surface area contributed by atoms with E-state index < -0.39 is 0 Å². The van der Waals surface area contributed by atoms with E-state index in [1.165, 1.54) is 6.07 Å². The predicted molar refractivity (Wildman–Crippen MR) is 45.6 cm³/mol. The fourth-order valence-corrected chi connectivity index (χ4v) is 1.43. The van der Waals surface area contributed by atoms with Crippen molar-refractivity contribution in [3.63, 3.8) is 0 Å². The van der Waals surface area contributed by atoms with Crippen LogP contribution in [0.5, 0.6) is 0 Å². The molecular formula is C9H9FS. The molecule has 0 unspecified atom stereocenters. The third-order valence-corrected chi connectivity index (χ3v) is 2.28. The van der Waals surface area contributed by atoms with E-state index in [4.69, 9.17) is 0 Å². The van der Waals surface area contributed by atoms with Crippen molar-refractivity contribution in [3.05, 3.63) is 29.6 Å². The van der Waals surface area contributed by atoms with Gasteiger partial charge in [0.25, 0.3) is 0 Å². The molecule has 0 heterocycles. The number of halogens is 1. The van der Waals surface area contributed by atoms with E-state index in [9.17, 15) is 4.39 Å². The van der Waals surface area contributed by atoms with Gasteiger partial charge in [0.1, 0.15) is 5.82 Å². The van der Waals surface area contributed by atoms with Crippen LogP contribution in [0.15, 0.2) is 23.1 Å². The van der Waals surface area contributed by atoms with Crippen molar-refractivity contribution in [3.8, 4) is 0 Å². The third-order valence-electron chi connectivity index (χ3n) is 2.00. The van der Waals surface area contributed by atoms with Crippen LogP contribution >= 0.6 is 12.6 Å². The first-order valence-electron chi connectivity index (χ1n) is 3.76. The molecule has 1 aromatic carbocycles. The summed E-state index contributed by atoms with van der Waals surface area (Å²) in [4.78, 5) is 0.701. The van der Waals surface area contributed by atoms with Crippen LogP contribution in [0.1, 0.15) is 24.3 Å². The molecule has 0 spiro atoms. The molecule has 0 N–H and O–H groups in total. The molecule has 0 aromatic heterocycles. The average Bonchev–Trinajstić information content (AvgIpc) is 2.70. The zero-order chi connectivity index (χ0) is 7.84. The average molecular weight is 168 g/mol. The molecule has 1 aliphatic carbocycles. The maximum absolute atomic E-state index is 13.1. The number of benzene rings is 1. The summed E-state index contributed by atoms with van der Waals surface area (Å²) in [6.45, 7) is 0. The molecule has 1 saturated carbocycles. The first-order chi connectivity index (χ1) is 5.27. The topological polar surface area (TPSA) is 0 Å². The van der Waals surface area contributed by atoms with Gasteiger partial charge in [-0.1, -0.05) is 6.07 Å². The second kappa shape index (κ2) is 2.52. The lowest BCUT2D eigenvalue weighted by Crippen LogP contribution is -1.85. The zero-order valence-corrected chi connectivity index (χ0v) is 6.94. The third kappa shape index (κ3) is 1.41. The highest BCUT2D eigenvalue weighted by Gasteiger charge is 2.25. The molecule has 0 atom stereocenters. The molecule has 0 nitrogen and oxygen atoms in total. The van der Waals surface area contributed by atoms with Crippen LogP contribution in [-0.2, 0) is 0 Å². The van der Waals surface area contributed by atoms with E-state index in [0.29, 0.717) is 10.8 Å². The van der Waals surface area contributed by atoms with Crippen LogP contribution in [-0.4, -0.2) is 0 Å². The van der Waals surface area contributed by atoms with Crippen LogP contribution in [0.3, 0.4) is 0 Å². The van der Waals surface area contributed by atoms with E-state index >= 15 is 0 Å². The van der Waals surface area contributed by atoms with Crippen molar-refractivity contribution < 1.29 is 4.39 Å². The SMILES string of the molecule is Fc1cc(S)ccc1C1CC1. The van der Waals surface area contributed by atoms with Crippen LogP contribution in [0.2, 0.25) is 0 Å². The fraction of sp³-hybridized carbons (Fsp3) is 0.333. The summed E-state index contributed by atoms with van der Waals surface area (Å²) in [6, 6.07) is 5.17. The van der Waals surface area contributed by atoms with Crippen molar-refractivity contribution in [2.75, 3.05) is 0 Å². The molecule has 1 aliphatic rings. The molecular weight excluding hydrogens is 159 g/mol. The first-order valence-corrected chi connectivity index (χ1v) is 4.20. The monoisotopic (exact) mass is 168 g/mol. The Morgan fingerprint density at radius 1 is 1.36 bits per heavy atom. The molecule has 0 amide bonds. The summed E-state index contributed by atoms with van der Waals surface area (Å²) in [7, 11) is 0. The standard InChI is InChI=1S/C9H9FS/c10-9-5-7(11)3-4-8(9)6-1-2-6/h3-6,11H,1-2H2. The second-order valence-corrected chi connectivity index (χ2v) is 3.50. The van der Waals surface area contributed by atoms with Gasteiger partial charge in [0.05, 0.1) is 0 Å². The summed E-state index contributed by atoms with van der Waals surface area (Å²) < 4.78 is 13.1. The molecule has 0 saturated heterocycles. The summed E-state index contributed by atoms with van der Waals surface area (Å²) in [5, 5.41) is 0. The lowest BCUT2D eigenvalue weighted by Gasteiger charge is -1.99. The Kier molecular flexibility index (Phi) is 1.64. The van der Waals surface area contributed by atoms with Crippen LogP contribution in [0.4, 0.5) is 4.39 Å². The zero-order valence-electron chi connectivity index (χ0n) is 6.05. The van der Waals surface area contributed by atoms with Gasteiger partial charge in [0.2, 0.25) is 0 Å². The van der Waals surface area contributed by atoms with Gasteiger partial charge in [-0.05, 0) is 36.5 Å². The first kappa shape index (κ1) is 7.17. The van der Waals surface area contributed by atoms with Crippen LogP contribution in [0, 0.1) is 5.82 Å². The van der Waals surface area contributed by atoms with Crippen LogP contribution < -0.4 is 0 Å². The van der Waals surface area contributed by atoms with Gasteiger partial charge in [-0.2, -0.15) is 0 Å². The predicted octanol–water partition coefficient (Wildman–Crippen LogP) is 2.99. The Morgan fingerprint density at radius 2 is 2.09 bits per heavy atom. The molecule has 2 rings (SSSR count). The van der Waals surface area contributed by atoms with Crippen LogP contribution in [0.25, 0.3) is 0 Å². The summed E-state index contributed by atoms with van der Waals surface area (Å²) in [5.41, 5.74) is 0.864. The molecule has 0 radical (unpaired) electrons. The lowest BCUT2D eigenvalue weighted by molar-refractivity contribution is 0.607. The number of hydrogen-bond acceptors (Lipinski definition) is 1. The minimum Gasteiger partial charge on any atom is -0.207 e. The van der Waals surface area contributed by atoms with Gasteiger partial charge in [-0.25, -0.2) is 4.39 Å². The Balaban J connectivity index is 2.39. The summed E-state index contributed by atoms with van der Waals surface area (Å²) in [6.07, 6.45) is 2.28. The summed E-state index contributed by atoms with van der Waals surface area (Å²) >= 11 is 4.05. The maximum atomic E-state index is 13.1. The van der Waals surface area contributed by atoms with Gasteiger partial charge in [-0.15, -0.1) is 12.6 Å². The molecule has 0 bridgehead atoms. The molecule has 58 valence electrons. The molecule has 0 aliphatic heterocycles. The number of thiol groups is 1. The highest BCUT2D eigenvalue weighted by atomic mass is 32.1. The van der Waals surface area contributed by atoms with Gasteiger partial charge in [0.15, 0.2) is 0 Å². The fourth-order valence-electron chi connectivity index (χ4n) is 1.24. The Labute approximate surface area is 70.8 Å². The highest BCUT2D eigenvalue weighted by Crippen LogP contribution is 2.41. The minimum atomic E-state index is -0.0972. The Morgan fingerprint density at radius 3 is 2.64 bits per heavy atom. The van der Waals surface area contributed by atoms with E-state index in [-0.39, 0.29) is 5.82 Å². The van der Waals surface area contributed by atoms with Gasteiger partial charge < -0.3 is 0 Å². The van der Waals surface area contributed by atoms with Gasteiger partial charge >= 0.3 is 0 Å². The molecule has 2 heteroatoms. The van der Waals surface area contributed by atoms with Crippen molar-refractivity contribution in [2.45, 2.75) is 23.7 Å². The largest absolute Gasteiger partial charge is 0.207 e. The van der Waals surface area contributed by atoms with Crippen molar-refractivity contribution in [1.82, 2.24) is 0 Å². The van der Waals surface area contributed by atoms with Crippen molar-refractivity contribution >= 4 is 12.6 Å². The minimum absolute atomic E-state index is 0.0972. The molecule has 1 aromatic rings. The van der Waals surface area contributed by atoms with Gasteiger partial charge in [-0.3, -0.25) is 0 Å². The van der Waals surface area contributed by atoms with Gasteiger partial charge in [0, 0.05) is 4.90 Å². The Hall–Kier alpha value is -0.500. The highest BCUT2D eigenvalue weighted by molar-refractivity contribution is 7.80. The molecule has 1 fully saturated rings. The van der Waals surface area contributed by atoms with Crippen molar-refractivity contribution in [1.29, 1.82) is 0 Å². The van der Waals surface area contributed by atoms with E-state index in [1.54, 1.807) is 0 Å². The number of rotatable bonds is 1. The van der Waals surface area contributed by atoms with E-state index in [2.05, 4.69) is 12.6 Å². The normalized spacial score (nSPS) is 16.9. The molecule has 11 heavy (non-hydrogen) atoms. The smallest absolute Gasteiger partial charge is 0.127 e. The maximum Gasteiger partial charge on any atom is 0.127 e. The number of hydrogen-bond donors (Lipinski definition) is 1. The van der Waals surface area contributed by atoms with E-state index in [1.807, 2.05) is 12.1 Å². The lowest BCUT2D eigenvalue weighted by atomic mass is 10.1. The Bertz CT molecular complexity index is 279. The van der Waals surface area contributed by atoms with E-state index in [0.717, 1.165) is 18.4 Å².